The normalized spacial score (nSPS) is 14.1. The third-order valence-electron chi connectivity index (χ3n) is 4.70. The molecule has 30 heavy (non-hydrogen) atoms. The van der Waals surface area contributed by atoms with E-state index < -0.39 is 12.8 Å². The molecule has 0 radical (unpaired) electrons. The van der Waals surface area contributed by atoms with Gasteiger partial charge in [-0.2, -0.15) is 18.3 Å². The van der Waals surface area contributed by atoms with Gasteiger partial charge in [0.05, 0.1) is 24.2 Å². The fourth-order valence-electron chi connectivity index (χ4n) is 3.00. The molecule has 0 unspecified atom stereocenters. The summed E-state index contributed by atoms with van der Waals surface area (Å²) in [7, 11) is 0. The first kappa shape index (κ1) is 20.1. The summed E-state index contributed by atoms with van der Waals surface area (Å²) >= 11 is 0. The standard InChI is InChI=1S/C20H20F3N5O2/c21-20(22,23)12-30-19-4-3-14(9-26-19)10-28-11-15-16(27-28)5-6-24-17(15)7-18(29)25-8-13-1-2-13/h3-6,9,11,13H,1-2,7-8,10,12H2,(H,25,29). The van der Waals surface area contributed by atoms with E-state index in [9.17, 15) is 18.0 Å². The average molecular weight is 419 g/mol. The van der Waals surface area contributed by atoms with Crippen LogP contribution in [0.1, 0.15) is 24.1 Å². The van der Waals surface area contributed by atoms with Crippen LogP contribution in [0.15, 0.2) is 36.8 Å². The van der Waals surface area contributed by atoms with Gasteiger partial charge in [0.15, 0.2) is 6.61 Å². The van der Waals surface area contributed by atoms with Gasteiger partial charge in [-0.25, -0.2) is 4.98 Å². The summed E-state index contributed by atoms with van der Waals surface area (Å²) in [6, 6.07) is 4.79. The van der Waals surface area contributed by atoms with Gasteiger partial charge in [0.2, 0.25) is 11.8 Å². The number of carbonyl (C=O) groups is 1. The maximum absolute atomic E-state index is 12.2. The highest BCUT2D eigenvalue weighted by Crippen LogP contribution is 2.27. The zero-order valence-electron chi connectivity index (χ0n) is 16.0. The molecule has 1 saturated carbocycles. The molecule has 0 aromatic carbocycles. The minimum absolute atomic E-state index is 0.0618. The molecule has 0 aliphatic heterocycles. The van der Waals surface area contributed by atoms with Crippen LogP contribution < -0.4 is 10.1 Å². The quantitative estimate of drug-likeness (QED) is 0.607. The van der Waals surface area contributed by atoms with E-state index in [2.05, 4.69) is 25.1 Å². The zero-order valence-corrected chi connectivity index (χ0v) is 16.0. The van der Waals surface area contributed by atoms with Crippen LogP contribution in [0.4, 0.5) is 13.2 Å². The number of carbonyl (C=O) groups excluding carboxylic acids is 1. The van der Waals surface area contributed by atoms with E-state index in [1.54, 1.807) is 29.2 Å². The van der Waals surface area contributed by atoms with E-state index in [4.69, 9.17) is 0 Å². The van der Waals surface area contributed by atoms with Gasteiger partial charge in [-0.05, 0) is 30.4 Å². The third-order valence-corrected chi connectivity index (χ3v) is 4.70. The molecule has 1 fully saturated rings. The van der Waals surface area contributed by atoms with Gasteiger partial charge in [0.25, 0.3) is 0 Å². The molecule has 158 valence electrons. The number of pyridine rings is 2. The average Bonchev–Trinajstić information content (AvgIpc) is 3.44. The summed E-state index contributed by atoms with van der Waals surface area (Å²) in [5, 5.41) is 8.21. The van der Waals surface area contributed by atoms with Gasteiger partial charge in [0, 0.05) is 36.6 Å². The maximum atomic E-state index is 12.2. The Labute approximate surface area is 170 Å². The summed E-state index contributed by atoms with van der Waals surface area (Å²) in [5.41, 5.74) is 2.12. The van der Waals surface area contributed by atoms with Crippen LogP contribution in [-0.4, -0.2) is 45.0 Å². The molecule has 3 aromatic rings. The van der Waals surface area contributed by atoms with Crippen LogP contribution in [0.3, 0.4) is 0 Å². The van der Waals surface area contributed by atoms with Gasteiger partial charge in [-0.1, -0.05) is 6.07 Å². The predicted octanol–water partition coefficient (Wildman–Crippen LogP) is 2.88. The van der Waals surface area contributed by atoms with Gasteiger partial charge in [-0.15, -0.1) is 0 Å². The molecule has 0 bridgehead atoms. The highest BCUT2D eigenvalue weighted by Gasteiger charge is 2.28. The van der Waals surface area contributed by atoms with Crippen molar-refractivity contribution in [1.29, 1.82) is 0 Å². The van der Waals surface area contributed by atoms with Gasteiger partial charge >= 0.3 is 6.18 Å². The minimum Gasteiger partial charge on any atom is -0.468 e. The molecule has 7 nitrogen and oxygen atoms in total. The van der Waals surface area contributed by atoms with Crippen molar-refractivity contribution in [3.63, 3.8) is 0 Å². The summed E-state index contributed by atoms with van der Waals surface area (Å²) in [6.07, 6.45) is 2.99. The predicted molar refractivity (Wildman–Crippen MR) is 102 cm³/mol. The highest BCUT2D eigenvalue weighted by atomic mass is 19.4. The lowest BCUT2D eigenvalue weighted by atomic mass is 10.2. The van der Waals surface area contributed by atoms with Crippen LogP contribution in [-0.2, 0) is 17.8 Å². The molecule has 0 atom stereocenters. The fraction of sp³-hybridized carbons (Fsp3) is 0.400. The van der Waals surface area contributed by atoms with Gasteiger partial charge in [0.1, 0.15) is 0 Å². The van der Waals surface area contributed by atoms with Crippen molar-refractivity contribution < 1.29 is 22.7 Å². The van der Waals surface area contributed by atoms with Crippen molar-refractivity contribution in [2.75, 3.05) is 13.2 Å². The first-order valence-electron chi connectivity index (χ1n) is 9.58. The number of alkyl halides is 3. The molecular weight excluding hydrogens is 399 g/mol. The number of ether oxygens (including phenoxy) is 1. The second-order valence-electron chi connectivity index (χ2n) is 7.35. The van der Waals surface area contributed by atoms with Crippen LogP contribution >= 0.6 is 0 Å². The molecule has 3 aromatic heterocycles. The molecule has 1 aliphatic rings. The van der Waals surface area contributed by atoms with Crippen molar-refractivity contribution >= 4 is 16.8 Å². The van der Waals surface area contributed by atoms with Crippen LogP contribution in [0.5, 0.6) is 5.88 Å². The monoisotopic (exact) mass is 419 g/mol. The Kier molecular flexibility index (Phi) is 5.56. The lowest BCUT2D eigenvalue weighted by Gasteiger charge is -2.08. The van der Waals surface area contributed by atoms with E-state index in [1.165, 1.54) is 25.1 Å². The Hall–Kier alpha value is -3.17. The molecule has 1 N–H and O–H groups in total. The van der Waals surface area contributed by atoms with Crippen molar-refractivity contribution in [1.82, 2.24) is 25.1 Å². The minimum atomic E-state index is -4.41. The molecule has 1 aliphatic carbocycles. The van der Waals surface area contributed by atoms with Crippen molar-refractivity contribution in [2.24, 2.45) is 5.92 Å². The Morgan fingerprint density at radius 2 is 2.07 bits per heavy atom. The van der Waals surface area contributed by atoms with Crippen molar-refractivity contribution in [3.8, 4) is 5.88 Å². The molecule has 0 saturated heterocycles. The number of nitrogens with one attached hydrogen (secondary N) is 1. The third kappa shape index (κ3) is 5.46. The molecule has 10 heteroatoms. The van der Waals surface area contributed by atoms with E-state index in [-0.39, 0.29) is 18.2 Å². The highest BCUT2D eigenvalue weighted by molar-refractivity contribution is 5.86. The van der Waals surface area contributed by atoms with Crippen LogP contribution in [0, 0.1) is 5.92 Å². The number of hydrogen-bond acceptors (Lipinski definition) is 5. The van der Waals surface area contributed by atoms with E-state index in [1.807, 2.05) is 0 Å². The SMILES string of the molecule is O=C(Cc1nccc2nn(Cc3ccc(OCC(F)(F)F)nc3)cc12)NCC1CC1. The Morgan fingerprint density at radius 3 is 2.77 bits per heavy atom. The summed E-state index contributed by atoms with van der Waals surface area (Å²) in [4.78, 5) is 20.4. The summed E-state index contributed by atoms with van der Waals surface area (Å²) in [5.74, 6) is 0.456. The van der Waals surface area contributed by atoms with E-state index >= 15 is 0 Å². The smallest absolute Gasteiger partial charge is 0.422 e. The second-order valence-corrected chi connectivity index (χ2v) is 7.35. The lowest BCUT2D eigenvalue weighted by molar-refractivity contribution is -0.154. The number of halogens is 3. The summed E-state index contributed by atoms with van der Waals surface area (Å²) in [6.45, 7) is -0.299. The Bertz CT molecular complexity index is 1030. The first-order chi connectivity index (χ1) is 14.4. The topological polar surface area (TPSA) is 81.9 Å². The number of hydrogen-bond donors (Lipinski definition) is 1. The molecule has 4 rings (SSSR count). The van der Waals surface area contributed by atoms with E-state index in [0.717, 1.165) is 10.9 Å². The first-order valence-corrected chi connectivity index (χ1v) is 9.58. The largest absolute Gasteiger partial charge is 0.468 e. The van der Waals surface area contributed by atoms with Crippen molar-refractivity contribution in [2.45, 2.75) is 32.0 Å². The second kappa shape index (κ2) is 8.29. The fourth-order valence-corrected chi connectivity index (χ4v) is 3.00. The Balaban J connectivity index is 1.41. The molecule has 3 heterocycles. The van der Waals surface area contributed by atoms with Crippen LogP contribution in [0.25, 0.3) is 10.9 Å². The van der Waals surface area contributed by atoms with Gasteiger partial charge in [-0.3, -0.25) is 14.5 Å². The molecule has 0 spiro atoms. The Morgan fingerprint density at radius 1 is 1.23 bits per heavy atom. The zero-order chi connectivity index (χ0) is 21.1. The number of rotatable bonds is 8. The van der Waals surface area contributed by atoms with Crippen LogP contribution in [0.2, 0.25) is 0 Å². The summed E-state index contributed by atoms with van der Waals surface area (Å²) < 4.78 is 42.9. The van der Waals surface area contributed by atoms with Gasteiger partial charge < -0.3 is 10.1 Å². The number of aromatic nitrogens is 4. The maximum Gasteiger partial charge on any atom is 0.422 e. The number of fused-ring (bicyclic) bond motifs is 1. The molecule has 1 amide bonds. The molecular formula is C20H20F3N5O2. The number of amides is 1. The van der Waals surface area contributed by atoms with Crippen molar-refractivity contribution in [3.05, 3.63) is 48.0 Å². The number of nitrogens with zero attached hydrogens (tertiary/aromatic N) is 4. The lowest BCUT2D eigenvalue weighted by Crippen LogP contribution is -2.27. The van der Waals surface area contributed by atoms with E-state index in [0.29, 0.717) is 30.2 Å².